The fraction of sp³-hybridized carbons (Fsp3) is 0.917. The average molecular weight is 231 g/mol. The van der Waals surface area contributed by atoms with Gasteiger partial charge in [0.1, 0.15) is 0 Å². The van der Waals surface area contributed by atoms with E-state index in [4.69, 9.17) is 4.74 Å². The van der Waals surface area contributed by atoms with E-state index < -0.39 is 6.10 Å². The maximum Gasteiger partial charge on any atom is 0.308 e. The summed E-state index contributed by atoms with van der Waals surface area (Å²) in [5, 5.41) is 9.75. The summed E-state index contributed by atoms with van der Waals surface area (Å²) in [6.07, 6.45) is 0.499. The first-order chi connectivity index (χ1) is 7.51. The number of aliphatic hydroxyl groups is 1. The molecule has 0 saturated heterocycles. The van der Waals surface area contributed by atoms with Gasteiger partial charge in [-0.25, -0.2) is 0 Å². The third kappa shape index (κ3) is 6.80. The molecule has 0 bridgehead atoms. The number of rotatable bonds is 8. The standard InChI is InChI=1S/C12H25NO3/c1-5-7-13(10(3)4)9-11(14)8-12(15)16-6-2/h10-11,14H,5-9H2,1-4H3. The maximum absolute atomic E-state index is 11.2. The topological polar surface area (TPSA) is 49.8 Å². The SMILES string of the molecule is CCCN(CC(O)CC(=O)OCC)C(C)C. The van der Waals surface area contributed by atoms with E-state index in [1.165, 1.54) is 0 Å². The lowest BCUT2D eigenvalue weighted by molar-refractivity contribution is -0.145. The first-order valence-electron chi connectivity index (χ1n) is 6.08. The Morgan fingerprint density at radius 1 is 1.38 bits per heavy atom. The molecular formula is C12H25NO3. The van der Waals surface area contributed by atoms with E-state index in [1.807, 2.05) is 0 Å². The van der Waals surface area contributed by atoms with Crippen molar-refractivity contribution in [2.45, 2.75) is 52.7 Å². The summed E-state index contributed by atoms with van der Waals surface area (Å²) in [6, 6.07) is 0.386. The normalized spacial score (nSPS) is 13.2. The van der Waals surface area contributed by atoms with Gasteiger partial charge in [0.2, 0.25) is 0 Å². The number of carbonyl (C=O) groups excluding carboxylic acids is 1. The Morgan fingerprint density at radius 3 is 2.44 bits per heavy atom. The molecule has 4 heteroatoms. The van der Waals surface area contributed by atoms with Gasteiger partial charge in [-0.3, -0.25) is 9.69 Å². The molecule has 0 radical (unpaired) electrons. The quantitative estimate of drug-likeness (QED) is 0.642. The van der Waals surface area contributed by atoms with Crippen molar-refractivity contribution in [1.29, 1.82) is 0 Å². The van der Waals surface area contributed by atoms with Crippen LogP contribution in [0, 0.1) is 0 Å². The summed E-state index contributed by atoms with van der Waals surface area (Å²) in [4.78, 5) is 13.3. The second kappa shape index (κ2) is 8.53. The van der Waals surface area contributed by atoms with Gasteiger partial charge in [-0.1, -0.05) is 6.92 Å². The minimum absolute atomic E-state index is 0.0841. The first kappa shape index (κ1) is 15.4. The maximum atomic E-state index is 11.2. The number of carbonyl (C=O) groups is 1. The summed E-state index contributed by atoms with van der Waals surface area (Å²) < 4.78 is 4.80. The highest BCUT2D eigenvalue weighted by Crippen LogP contribution is 2.04. The molecule has 96 valence electrons. The van der Waals surface area contributed by atoms with Gasteiger partial charge in [0.15, 0.2) is 0 Å². The van der Waals surface area contributed by atoms with E-state index in [9.17, 15) is 9.90 Å². The second-order valence-corrected chi connectivity index (χ2v) is 4.25. The Bertz CT molecular complexity index is 195. The van der Waals surface area contributed by atoms with E-state index >= 15 is 0 Å². The van der Waals surface area contributed by atoms with Gasteiger partial charge >= 0.3 is 5.97 Å². The third-order valence-electron chi connectivity index (χ3n) is 2.39. The molecule has 16 heavy (non-hydrogen) atoms. The van der Waals surface area contributed by atoms with Crippen molar-refractivity contribution >= 4 is 5.97 Å². The highest BCUT2D eigenvalue weighted by molar-refractivity contribution is 5.69. The van der Waals surface area contributed by atoms with Crippen LogP contribution in [0.25, 0.3) is 0 Å². The molecule has 0 aromatic rings. The molecule has 0 aliphatic rings. The van der Waals surface area contributed by atoms with Crippen molar-refractivity contribution in [2.24, 2.45) is 0 Å². The van der Waals surface area contributed by atoms with Crippen molar-refractivity contribution in [3.05, 3.63) is 0 Å². The number of esters is 1. The summed E-state index contributed by atoms with van der Waals surface area (Å²) in [6.45, 7) is 9.89. The summed E-state index contributed by atoms with van der Waals surface area (Å²) in [7, 11) is 0. The summed E-state index contributed by atoms with van der Waals surface area (Å²) >= 11 is 0. The van der Waals surface area contributed by atoms with Crippen molar-refractivity contribution < 1.29 is 14.6 Å². The zero-order chi connectivity index (χ0) is 12.6. The van der Waals surface area contributed by atoms with Crippen molar-refractivity contribution in [3.8, 4) is 0 Å². The lowest BCUT2D eigenvalue weighted by atomic mass is 10.2. The van der Waals surface area contributed by atoms with E-state index in [0.717, 1.165) is 13.0 Å². The van der Waals surface area contributed by atoms with Gasteiger partial charge < -0.3 is 9.84 Å². The van der Waals surface area contributed by atoms with Gasteiger partial charge in [0.05, 0.1) is 19.1 Å². The van der Waals surface area contributed by atoms with E-state index in [-0.39, 0.29) is 12.4 Å². The molecule has 0 rings (SSSR count). The van der Waals surface area contributed by atoms with Crippen LogP contribution in [0.2, 0.25) is 0 Å². The molecule has 0 aromatic carbocycles. The predicted octanol–water partition coefficient (Wildman–Crippen LogP) is 1.42. The highest BCUT2D eigenvalue weighted by atomic mass is 16.5. The molecule has 1 atom stereocenters. The second-order valence-electron chi connectivity index (χ2n) is 4.25. The lowest BCUT2D eigenvalue weighted by Crippen LogP contribution is -2.39. The molecule has 0 aromatic heterocycles. The number of hydrogen-bond acceptors (Lipinski definition) is 4. The molecule has 1 N–H and O–H groups in total. The van der Waals surface area contributed by atoms with E-state index in [1.54, 1.807) is 6.92 Å². The van der Waals surface area contributed by atoms with Crippen LogP contribution in [-0.4, -0.2) is 47.8 Å². The molecule has 0 heterocycles. The molecule has 0 fully saturated rings. The lowest BCUT2D eigenvalue weighted by Gasteiger charge is -2.27. The van der Waals surface area contributed by atoms with Crippen LogP contribution in [0.1, 0.15) is 40.5 Å². The van der Waals surface area contributed by atoms with Crippen molar-refractivity contribution in [2.75, 3.05) is 19.7 Å². The van der Waals surface area contributed by atoms with Crippen LogP contribution in [0.5, 0.6) is 0 Å². The Kier molecular flexibility index (Phi) is 8.21. The molecule has 4 nitrogen and oxygen atoms in total. The van der Waals surface area contributed by atoms with Crippen LogP contribution in [0.4, 0.5) is 0 Å². The molecule has 1 unspecified atom stereocenters. The highest BCUT2D eigenvalue weighted by Gasteiger charge is 2.17. The molecular weight excluding hydrogens is 206 g/mol. The number of aliphatic hydroxyl groups excluding tert-OH is 1. The van der Waals surface area contributed by atoms with Gasteiger partial charge in [0, 0.05) is 12.6 Å². The zero-order valence-electron chi connectivity index (χ0n) is 10.9. The molecule has 0 aliphatic heterocycles. The van der Waals surface area contributed by atoms with Crippen molar-refractivity contribution in [1.82, 2.24) is 4.90 Å². The Labute approximate surface area is 98.6 Å². The predicted molar refractivity (Wildman–Crippen MR) is 64.3 cm³/mol. The molecule has 0 amide bonds. The van der Waals surface area contributed by atoms with Crippen LogP contribution in [0.3, 0.4) is 0 Å². The summed E-state index contributed by atoms with van der Waals surface area (Å²) in [5.74, 6) is -0.324. The largest absolute Gasteiger partial charge is 0.466 e. The minimum atomic E-state index is -0.631. The van der Waals surface area contributed by atoms with E-state index in [2.05, 4.69) is 25.7 Å². The van der Waals surface area contributed by atoms with Gasteiger partial charge in [-0.05, 0) is 33.7 Å². The Balaban J connectivity index is 3.98. The molecule has 0 saturated carbocycles. The first-order valence-corrected chi connectivity index (χ1v) is 6.08. The number of ether oxygens (including phenoxy) is 1. The number of nitrogens with zero attached hydrogens (tertiary/aromatic N) is 1. The van der Waals surface area contributed by atoms with Gasteiger partial charge in [-0.2, -0.15) is 0 Å². The number of hydrogen-bond donors (Lipinski definition) is 1. The van der Waals surface area contributed by atoms with Crippen LogP contribution in [-0.2, 0) is 9.53 Å². The fourth-order valence-corrected chi connectivity index (χ4v) is 1.60. The van der Waals surface area contributed by atoms with Crippen molar-refractivity contribution in [3.63, 3.8) is 0 Å². The zero-order valence-corrected chi connectivity index (χ0v) is 10.9. The van der Waals surface area contributed by atoms with E-state index in [0.29, 0.717) is 19.2 Å². The summed E-state index contributed by atoms with van der Waals surface area (Å²) in [5.41, 5.74) is 0. The Hall–Kier alpha value is -0.610. The monoisotopic (exact) mass is 231 g/mol. The fourth-order valence-electron chi connectivity index (χ4n) is 1.60. The van der Waals surface area contributed by atoms with Gasteiger partial charge in [-0.15, -0.1) is 0 Å². The van der Waals surface area contributed by atoms with Crippen LogP contribution < -0.4 is 0 Å². The van der Waals surface area contributed by atoms with Gasteiger partial charge in [0.25, 0.3) is 0 Å². The van der Waals surface area contributed by atoms with Crippen LogP contribution >= 0.6 is 0 Å². The minimum Gasteiger partial charge on any atom is -0.466 e. The molecule has 0 aliphatic carbocycles. The third-order valence-corrected chi connectivity index (χ3v) is 2.39. The smallest absolute Gasteiger partial charge is 0.308 e. The Morgan fingerprint density at radius 2 is 2.00 bits per heavy atom. The average Bonchev–Trinajstić information content (AvgIpc) is 2.16. The molecule has 0 spiro atoms. The van der Waals surface area contributed by atoms with Crippen LogP contribution in [0.15, 0.2) is 0 Å².